The highest BCUT2D eigenvalue weighted by Crippen LogP contribution is 2.14. The van der Waals surface area contributed by atoms with E-state index in [1.54, 1.807) is 6.07 Å². The highest BCUT2D eigenvalue weighted by atomic mass is 35.7. The van der Waals surface area contributed by atoms with Gasteiger partial charge in [0.2, 0.25) is 9.05 Å². The average molecular weight is 237 g/mol. The maximum absolute atomic E-state index is 12.7. The van der Waals surface area contributed by atoms with Crippen molar-refractivity contribution in [1.82, 2.24) is 0 Å². The van der Waals surface area contributed by atoms with Gasteiger partial charge in [-0.1, -0.05) is 12.1 Å². The van der Waals surface area contributed by atoms with Crippen molar-refractivity contribution in [3.63, 3.8) is 0 Å². The van der Waals surface area contributed by atoms with Gasteiger partial charge in [0.1, 0.15) is 5.82 Å². The van der Waals surface area contributed by atoms with Crippen molar-refractivity contribution in [3.8, 4) is 0 Å². The second-order valence-corrected chi connectivity index (χ2v) is 6.17. The molecule has 0 aliphatic carbocycles. The minimum absolute atomic E-state index is 0.226. The molecule has 0 bridgehead atoms. The molecular formula is C9H10ClFO2S. The number of hydrogen-bond acceptors (Lipinski definition) is 2. The number of hydrogen-bond donors (Lipinski definition) is 0. The lowest BCUT2D eigenvalue weighted by Gasteiger charge is -2.07. The monoisotopic (exact) mass is 236 g/mol. The lowest BCUT2D eigenvalue weighted by Crippen LogP contribution is -2.14. The van der Waals surface area contributed by atoms with E-state index in [4.69, 9.17) is 10.7 Å². The molecule has 2 nitrogen and oxygen atoms in total. The third-order valence-electron chi connectivity index (χ3n) is 1.89. The second-order valence-electron chi connectivity index (χ2n) is 3.12. The first kappa shape index (κ1) is 11.5. The fourth-order valence-electron chi connectivity index (χ4n) is 1.10. The summed E-state index contributed by atoms with van der Waals surface area (Å²) in [5.74, 6) is -0.373. The molecule has 1 aromatic rings. The molecule has 1 aromatic carbocycles. The van der Waals surface area contributed by atoms with Gasteiger partial charge >= 0.3 is 0 Å². The molecule has 1 unspecified atom stereocenters. The Morgan fingerprint density at radius 2 is 2.14 bits per heavy atom. The van der Waals surface area contributed by atoms with Gasteiger partial charge in [-0.05, 0) is 31.0 Å². The Labute approximate surface area is 87.1 Å². The SMILES string of the molecule is CC(Cc1cccc(F)c1)S(=O)(=O)Cl. The van der Waals surface area contributed by atoms with Crippen molar-refractivity contribution in [2.75, 3.05) is 0 Å². The van der Waals surface area contributed by atoms with Gasteiger partial charge < -0.3 is 0 Å². The van der Waals surface area contributed by atoms with Gasteiger partial charge in [0, 0.05) is 10.7 Å². The fourth-order valence-corrected chi connectivity index (χ4v) is 1.68. The zero-order valence-corrected chi connectivity index (χ0v) is 9.15. The third kappa shape index (κ3) is 3.27. The van der Waals surface area contributed by atoms with Crippen molar-refractivity contribution in [2.45, 2.75) is 18.6 Å². The summed E-state index contributed by atoms with van der Waals surface area (Å²) >= 11 is 0. The molecule has 0 aliphatic heterocycles. The first-order chi connectivity index (χ1) is 6.39. The van der Waals surface area contributed by atoms with E-state index >= 15 is 0 Å². The molecule has 1 atom stereocenters. The molecule has 0 spiro atoms. The van der Waals surface area contributed by atoms with E-state index in [0.29, 0.717) is 5.56 Å². The fraction of sp³-hybridized carbons (Fsp3) is 0.333. The average Bonchev–Trinajstić information content (AvgIpc) is 2.02. The smallest absolute Gasteiger partial charge is 0.212 e. The van der Waals surface area contributed by atoms with Gasteiger partial charge in [-0.25, -0.2) is 12.8 Å². The molecule has 78 valence electrons. The first-order valence-electron chi connectivity index (χ1n) is 4.07. The first-order valence-corrected chi connectivity index (χ1v) is 6.45. The van der Waals surface area contributed by atoms with Gasteiger partial charge in [0.15, 0.2) is 0 Å². The molecule has 5 heteroatoms. The maximum Gasteiger partial charge on any atom is 0.235 e. The zero-order valence-electron chi connectivity index (χ0n) is 7.57. The molecule has 0 amide bonds. The van der Waals surface area contributed by atoms with E-state index in [1.165, 1.54) is 25.1 Å². The Morgan fingerprint density at radius 3 is 2.64 bits per heavy atom. The standard InChI is InChI=1S/C9H10ClFO2S/c1-7(14(10,12)13)5-8-3-2-4-9(11)6-8/h2-4,6-7H,5H2,1H3. The quantitative estimate of drug-likeness (QED) is 0.755. The summed E-state index contributed by atoms with van der Waals surface area (Å²) < 4.78 is 34.5. The highest BCUT2D eigenvalue weighted by Gasteiger charge is 2.17. The summed E-state index contributed by atoms with van der Waals surface area (Å²) in [6.45, 7) is 1.49. The van der Waals surface area contributed by atoms with Crippen molar-refractivity contribution < 1.29 is 12.8 Å². The van der Waals surface area contributed by atoms with Crippen LogP contribution in [0.5, 0.6) is 0 Å². The van der Waals surface area contributed by atoms with Gasteiger partial charge in [0.25, 0.3) is 0 Å². The Bertz CT molecular complexity index is 417. The number of halogens is 2. The number of benzene rings is 1. The van der Waals surface area contributed by atoms with Gasteiger partial charge in [-0.2, -0.15) is 0 Å². The van der Waals surface area contributed by atoms with Crippen LogP contribution in [-0.4, -0.2) is 13.7 Å². The van der Waals surface area contributed by atoms with Crippen LogP contribution in [0.4, 0.5) is 4.39 Å². The Hall–Kier alpha value is -0.610. The molecule has 0 N–H and O–H groups in total. The molecule has 1 rings (SSSR count). The molecule has 14 heavy (non-hydrogen) atoms. The predicted molar refractivity (Wildman–Crippen MR) is 54.3 cm³/mol. The lowest BCUT2D eigenvalue weighted by atomic mass is 10.1. The van der Waals surface area contributed by atoms with Crippen molar-refractivity contribution in [3.05, 3.63) is 35.6 Å². The molecule has 0 aliphatic rings. The molecule has 0 heterocycles. The second kappa shape index (κ2) is 4.28. The van der Waals surface area contributed by atoms with Crippen molar-refractivity contribution in [1.29, 1.82) is 0 Å². The van der Waals surface area contributed by atoms with E-state index < -0.39 is 14.3 Å². The maximum atomic E-state index is 12.7. The molecule has 0 saturated carbocycles. The van der Waals surface area contributed by atoms with Crippen LogP contribution >= 0.6 is 10.7 Å². The van der Waals surface area contributed by atoms with Crippen LogP contribution in [0.3, 0.4) is 0 Å². The van der Waals surface area contributed by atoms with Crippen LogP contribution in [0.1, 0.15) is 12.5 Å². The molecule has 0 fully saturated rings. The third-order valence-corrected chi connectivity index (χ3v) is 3.93. The zero-order chi connectivity index (χ0) is 10.8. The van der Waals surface area contributed by atoms with Gasteiger partial charge in [-0.3, -0.25) is 0 Å². The van der Waals surface area contributed by atoms with Crippen LogP contribution < -0.4 is 0 Å². The minimum atomic E-state index is -3.56. The van der Waals surface area contributed by atoms with Crippen LogP contribution in [0, 0.1) is 5.82 Å². The van der Waals surface area contributed by atoms with Gasteiger partial charge in [-0.15, -0.1) is 0 Å². The topological polar surface area (TPSA) is 34.1 Å². The Balaban J connectivity index is 2.80. The summed E-state index contributed by atoms with van der Waals surface area (Å²) in [5.41, 5.74) is 0.627. The summed E-state index contributed by atoms with van der Waals surface area (Å²) in [6.07, 6.45) is 0.226. The summed E-state index contributed by atoms with van der Waals surface area (Å²) in [7, 11) is 1.59. The van der Waals surface area contributed by atoms with Crippen LogP contribution in [0.2, 0.25) is 0 Å². The Kier molecular flexibility index (Phi) is 3.50. The van der Waals surface area contributed by atoms with Crippen molar-refractivity contribution in [2.24, 2.45) is 0 Å². The number of rotatable bonds is 3. The lowest BCUT2D eigenvalue weighted by molar-refractivity contribution is 0.595. The Morgan fingerprint density at radius 1 is 1.50 bits per heavy atom. The molecular weight excluding hydrogens is 227 g/mol. The molecule has 0 radical (unpaired) electrons. The van der Waals surface area contributed by atoms with Crippen LogP contribution in [-0.2, 0) is 15.5 Å². The molecule has 0 aromatic heterocycles. The van der Waals surface area contributed by atoms with Crippen LogP contribution in [0.15, 0.2) is 24.3 Å². The van der Waals surface area contributed by atoms with E-state index in [0.717, 1.165) is 0 Å². The van der Waals surface area contributed by atoms with Crippen LogP contribution in [0.25, 0.3) is 0 Å². The summed E-state index contributed by atoms with van der Waals surface area (Å²) in [4.78, 5) is 0. The summed E-state index contributed by atoms with van der Waals surface area (Å²) in [6, 6.07) is 5.82. The largest absolute Gasteiger partial charge is 0.235 e. The van der Waals surface area contributed by atoms with Gasteiger partial charge in [0.05, 0.1) is 5.25 Å². The van der Waals surface area contributed by atoms with Crippen molar-refractivity contribution >= 4 is 19.7 Å². The van der Waals surface area contributed by atoms with E-state index in [2.05, 4.69) is 0 Å². The predicted octanol–water partition coefficient (Wildman–Crippen LogP) is 2.33. The molecule has 0 saturated heterocycles. The van der Waals surface area contributed by atoms with E-state index in [-0.39, 0.29) is 12.2 Å². The van der Waals surface area contributed by atoms with E-state index in [9.17, 15) is 12.8 Å². The normalized spacial score (nSPS) is 13.9. The summed E-state index contributed by atoms with van der Waals surface area (Å²) in [5, 5.41) is -0.703. The highest BCUT2D eigenvalue weighted by molar-refractivity contribution is 8.14. The minimum Gasteiger partial charge on any atom is -0.212 e. The van der Waals surface area contributed by atoms with E-state index in [1.807, 2.05) is 0 Å².